The SMILES string of the molecule is COc1cc(C=NNC(=O)c2ccc(C)cc2)ccc1OC(=O)c1cccc(Br)c1. The smallest absolute Gasteiger partial charge is 0.343 e. The second-order valence-electron chi connectivity index (χ2n) is 6.38. The van der Waals surface area contributed by atoms with Crippen LogP contribution in [0.3, 0.4) is 0 Å². The van der Waals surface area contributed by atoms with Crippen LogP contribution < -0.4 is 14.9 Å². The Hall–Kier alpha value is -3.45. The van der Waals surface area contributed by atoms with Crippen LogP contribution in [0.5, 0.6) is 11.5 Å². The summed E-state index contributed by atoms with van der Waals surface area (Å²) in [5, 5.41) is 3.97. The molecule has 0 aliphatic carbocycles. The van der Waals surface area contributed by atoms with Gasteiger partial charge in [0.2, 0.25) is 0 Å². The molecule has 1 amide bonds. The number of hydrogen-bond acceptors (Lipinski definition) is 5. The third-order valence-electron chi connectivity index (χ3n) is 4.14. The third-order valence-corrected chi connectivity index (χ3v) is 4.64. The van der Waals surface area contributed by atoms with Crippen LogP contribution in [-0.2, 0) is 0 Å². The first-order chi connectivity index (χ1) is 14.5. The van der Waals surface area contributed by atoms with Crippen LogP contribution in [0.1, 0.15) is 31.8 Å². The van der Waals surface area contributed by atoms with Crippen molar-refractivity contribution >= 4 is 34.0 Å². The fraction of sp³-hybridized carbons (Fsp3) is 0.0870. The lowest BCUT2D eigenvalue weighted by atomic mass is 10.1. The predicted octanol–water partition coefficient (Wildman–Crippen LogP) is 4.75. The molecule has 0 aromatic heterocycles. The number of esters is 1. The Bertz CT molecular complexity index is 1090. The van der Waals surface area contributed by atoms with Crippen molar-refractivity contribution in [2.45, 2.75) is 6.92 Å². The van der Waals surface area contributed by atoms with Crippen LogP contribution in [-0.4, -0.2) is 25.2 Å². The minimum absolute atomic E-state index is 0.281. The molecule has 0 bridgehead atoms. The van der Waals surface area contributed by atoms with E-state index in [2.05, 4.69) is 26.5 Å². The molecule has 0 radical (unpaired) electrons. The highest BCUT2D eigenvalue weighted by Gasteiger charge is 2.13. The summed E-state index contributed by atoms with van der Waals surface area (Å²) in [6.45, 7) is 1.95. The van der Waals surface area contributed by atoms with Gasteiger partial charge in [0.1, 0.15) is 0 Å². The number of halogens is 1. The predicted molar refractivity (Wildman–Crippen MR) is 118 cm³/mol. The van der Waals surface area contributed by atoms with Crippen molar-refractivity contribution in [3.63, 3.8) is 0 Å². The van der Waals surface area contributed by atoms with Crippen molar-refractivity contribution in [1.29, 1.82) is 0 Å². The molecule has 6 nitrogen and oxygen atoms in total. The highest BCUT2D eigenvalue weighted by molar-refractivity contribution is 9.10. The van der Waals surface area contributed by atoms with E-state index < -0.39 is 5.97 Å². The van der Waals surface area contributed by atoms with Crippen molar-refractivity contribution in [3.8, 4) is 11.5 Å². The molecule has 0 aliphatic rings. The molecule has 3 rings (SSSR count). The van der Waals surface area contributed by atoms with Gasteiger partial charge in [0.05, 0.1) is 18.9 Å². The number of methoxy groups -OCH3 is 1. The van der Waals surface area contributed by atoms with Gasteiger partial charge in [-0.25, -0.2) is 10.2 Å². The summed E-state index contributed by atoms with van der Waals surface area (Å²) in [5.74, 6) is -0.158. The molecular weight excluding hydrogens is 448 g/mol. The topological polar surface area (TPSA) is 77.0 Å². The molecule has 0 fully saturated rings. The Kier molecular flexibility index (Phi) is 6.98. The van der Waals surface area contributed by atoms with Gasteiger partial charge in [0.15, 0.2) is 11.5 Å². The summed E-state index contributed by atoms with van der Waals surface area (Å²) in [4.78, 5) is 24.4. The molecule has 0 unspecified atom stereocenters. The number of hydrogen-bond donors (Lipinski definition) is 1. The van der Waals surface area contributed by atoms with Crippen LogP contribution in [0.25, 0.3) is 0 Å². The number of nitrogens with one attached hydrogen (secondary N) is 1. The second kappa shape index (κ2) is 9.84. The van der Waals surface area contributed by atoms with E-state index in [1.54, 1.807) is 48.5 Å². The van der Waals surface area contributed by atoms with E-state index in [1.165, 1.54) is 13.3 Å². The fourth-order valence-corrected chi connectivity index (χ4v) is 2.96. The first-order valence-electron chi connectivity index (χ1n) is 9.02. The Morgan fingerprint density at radius 1 is 0.967 bits per heavy atom. The van der Waals surface area contributed by atoms with E-state index in [0.29, 0.717) is 22.4 Å². The summed E-state index contributed by atoms with van der Waals surface area (Å²) < 4.78 is 11.5. The standard InChI is InChI=1S/C23H19BrN2O4/c1-15-6-9-17(10-7-15)22(27)26-25-14-16-8-11-20(21(12-16)29-2)30-23(28)18-4-3-5-19(24)13-18/h3-14H,1-2H3,(H,26,27). The second-order valence-corrected chi connectivity index (χ2v) is 7.29. The molecule has 0 atom stereocenters. The molecule has 152 valence electrons. The number of rotatable bonds is 6. The van der Waals surface area contributed by atoms with Gasteiger partial charge >= 0.3 is 5.97 Å². The summed E-state index contributed by atoms with van der Waals surface area (Å²) in [7, 11) is 1.48. The zero-order chi connectivity index (χ0) is 21.5. The first kappa shape index (κ1) is 21.3. The largest absolute Gasteiger partial charge is 0.493 e. The Morgan fingerprint density at radius 3 is 2.43 bits per heavy atom. The van der Waals surface area contributed by atoms with Crippen molar-refractivity contribution in [2.24, 2.45) is 5.10 Å². The van der Waals surface area contributed by atoms with Gasteiger partial charge in [-0.05, 0) is 61.0 Å². The third kappa shape index (κ3) is 5.55. The highest BCUT2D eigenvalue weighted by atomic mass is 79.9. The van der Waals surface area contributed by atoms with E-state index in [0.717, 1.165) is 10.0 Å². The average Bonchev–Trinajstić information content (AvgIpc) is 2.75. The average molecular weight is 467 g/mol. The van der Waals surface area contributed by atoms with Gasteiger partial charge in [-0.15, -0.1) is 0 Å². The van der Waals surface area contributed by atoms with Crippen molar-refractivity contribution in [1.82, 2.24) is 5.43 Å². The van der Waals surface area contributed by atoms with Crippen molar-refractivity contribution < 1.29 is 19.1 Å². The molecule has 30 heavy (non-hydrogen) atoms. The molecule has 0 spiro atoms. The maximum atomic E-state index is 12.3. The monoisotopic (exact) mass is 466 g/mol. The quantitative estimate of drug-likeness (QED) is 0.246. The molecule has 0 saturated heterocycles. The Morgan fingerprint density at radius 2 is 1.73 bits per heavy atom. The van der Waals surface area contributed by atoms with Crippen molar-refractivity contribution in [2.75, 3.05) is 7.11 Å². The van der Waals surface area contributed by atoms with E-state index in [1.807, 2.05) is 25.1 Å². The first-order valence-corrected chi connectivity index (χ1v) is 9.81. The lowest BCUT2D eigenvalue weighted by Crippen LogP contribution is -2.17. The van der Waals surface area contributed by atoms with Gasteiger partial charge in [0.25, 0.3) is 5.91 Å². The Balaban J connectivity index is 1.67. The minimum Gasteiger partial charge on any atom is -0.493 e. The number of amides is 1. The lowest BCUT2D eigenvalue weighted by Gasteiger charge is -2.10. The van der Waals surface area contributed by atoms with E-state index in [-0.39, 0.29) is 11.7 Å². The fourth-order valence-electron chi connectivity index (χ4n) is 2.56. The van der Waals surface area contributed by atoms with Gasteiger partial charge < -0.3 is 9.47 Å². The molecule has 1 N–H and O–H groups in total. The highest BCUT2D eigenvalue weighted by Crippen LogP contribution is 2.28. The maximum Gasteiger partial charge on any atom is 0.343 e. The number of hydrazone groups is 1. The van der Waals surface area contributed by atoms with Crippen LogP contribution in [0.4, 0.5) is 0 Å². The van der Waals surface area contributed by atoms with Crippen LogP contribution in [0.15, 0.2) is 76.3 Å². The summed E-state index contributed by atoms with van der Waals surface area (Å²) in [6.07, 6.45) is 1.48. The molecule has 0 aliphatic heterocycles. The van der Waals surface area contributed by atoms with E-state index in [9.17, 15) is 9.59 Å². The van der Waals surface area contributed by atoms with Gasteiger partial charge in [0, 0.05) is 10.0 Å². The molecular formula is C23H19BrN2O4. The number of benzene rings is 3. The molecule has 0 heterocycles. The van der Waals surface area contributed by atoms with Gasteiger partial charge in [-0.3, -0.25) is 4.79 Å². The molecule has 3 aromatic rings. The summed E-state index contributed by atoms with van der Waals surface area (Å²) >= 11 is 3.33. The molecule has 0 saturated carbocycles. The zero-order valence-electron chi connectivity index (χ0n) is 16.4. The summed E-state index contributed by atoms with van der Waals surface area (Å²) in [5.41, 5.74) is 5.15. The molecule has 7 heteroatoms. The normalized spacial score (nSPS) is 10.6. The number of nitrogens with zero attached hydrogens (tertiary/aromatic N) is 1. The van der Waals surface area contributed by atoms with Crippen LogP contribution in [0, 0.1) is 6.92 Å². The minimum atomic E-state index is -0.499. The number of carbonyl (C=O) groups excluding carboxylic acids is 2. The number of ether oxygens (including phenoxy) is 2. The Labute approximate surface area is 182 Å². The van der Waals surface area contributed by atoms with Gasteiger partial charge in [-0.1, -0.05) is 39.7 Å². The number of carbonyl (C=O) groups is 2. The summed E-state index contributed by atoms with van der Waals surface area (Å²) in [6, 6.07) is 19.1. The van der Waals surface area contributed by atoms with Gasteiger partial charge in [-0.2, -0.15) is 5.10 Å². The zero-order valence-corrected chi connectivity index (χ0v) is 18.0. The lowest BCUT2D eigenvalue weighted by molar-refractivity contribution is 0.0729. The molecule has 3 aromatic carbocycles. The van der Waals surface area contributed by atoms with E-state index >= 15 is 0 Å². The van der Waals surface area contributed by atoms with Crippen molar-refractivity contribution in [3.05, 3.63) is 93.5 Å². The number of aryl methyl sites for hydroxylation is 1. The maximum absolute atomic E-state index is 12.3. The van der Waals surface area contributed by atoms with E-state index in [4.69, 9.17) is 9.47 Å². The van der Waals surface area contributed by atoms with Crippen LogP contribution >= 0.6 is 15.9 Å². The van der Waals surface area contributed by atoms with Crippen LogP contribution in [0.2, 0.25) is 0 Å².